The first-order valence-corrected chi connectivity index (χ1v) is 4.89. The van der Waals surface area contributed by atoms with Crippen LogP contribution in [0.2, 0.25) is 0 Å². The van der Waals surface area contributed by atoms with Gasteiger partial charge in [-0.3, -0.25) is 0 Å². The normalized spacial score (nSPS) is 10.2. The molecule has 17 heavy (non-hydrogen) atoms. The Morgan fingerprint density at radius 3 is 2.71 bits per heavy atom. The van der Waals surface area contributed by atoms with Gasteiger partial charge in [-0.2, -0.15) is 0 Å². The highest BCUT2D eigenvalue weighted by molar-refractivity contribution is 5.85. The number of carboxylic acid groups (broad SMARTS) is 1. The highest BCUT2D eigenvalue weighted by Gasteiger charge is 2.13. The summed E-state index contributed by atoms with van der Waals surface area (Å²) >= 11 is 0. The molecule has 1 aromatic heterocycles. The van der Waals surface area contributed by atoms with E-state index in [1.54, 1.807) is 24.3 Å². The summed E-state index contributed by atoms with van der Waals surface area (Å²) in [4.78, 5) is 10.7. The van der Waals surface area contributed by atoms with Crippen LogP contribution >= 0.6 is 0 Å². The lowest BCUT2D eigenvalue weighted by Gasteiger charge is -2.06. The fourth-order valence-electron chi connectivity index (χ4n) is 1.51. The molecule has 0 aliphatic heterocycles. The van der Waals surface area contributed by atoms with Crippen molar-refractivity contribution in [3.63, 3.8) is 0 Å². The average Bonchev–Trinajstić information content (AvgIpc) is 2.78. The molecular weight excluding hydrogens is 222 g/mol. The van der Waals surface area contributed by atoms with E-state index in [1.165, 1.54) is 13.2 Å². The van der Waals surface area contributed by atoms with Crippen LogP contribution in [0.15, 0.2) is 34.7 Å². The summed E-state index contributed by atoms with van der Waals surface area (Å²) in [7, 11) is 1.51. The molecule has 0 aliphatic rings. The van der Waals surface area contributed by atoms with Gasteiger partial charge in [-0.05, 0) is 24.3 Å². The summed E-state index contributed by atoms with van der Waals surface area (Å²) in [6.07, 6.45) is 0. The van der Waals surface area contributed by atoms with Crippen molar-refractivity contribution in [2.24, 2.45) is 0 Å². The van der Waals surface area contributed by atoms with Gasteiger partial charge in [-0.1, -0.05) is 0 Å². The summed E-state index contributed by atoms with van der Waals surface area (Å²) in [5.41, 5.74) is 6.86. The van der Waals surface area contributed by atoms with Crippen molar-refractivity contribution in [1.29, 1.82) is 0 Å². The first-order chi connectivity index (χ1) is 8.11. The number of ether oxygens (including phenoxy) is 1. The number of nitrogen functional groups attached to an aromatic ring is 1. The molecule has 0 unspecified atom stereocenters. The van der Waals surface area contributed by atoms with Gasteiger partial charge in [-0.25, -0.2) is 4.79 Å². The third-order valence-corrected chi connectivity index (χ3v) is 2.31. The molecule has 0 fully saturated rings. The number of carbonyl (C=O) groups is 1. The van der Waals surface area contributed by atoms with Gasteiger partial charge in [0.25, 0.3) is 0 Å². The van der Waals surface area contributed by atoms with E-state index in [1.807, 2.05) is 0 Å². The third kappa shape index (κ3) is 2.08. The zero-order chi connectivity index (χ0) is 12.4. The Balaban J connectivity index is 2.48. The number of carboxylic acids is 1. The minimum absolute atomic E-state index is 0.112. The number of furan rings is 1. The van der Waals surface area contributed by atoms with Gasteiger partial charge >= 0.3 is 5.97 Å². The van der Waals surface area contributed by atoms with Gasteiger partial charge in [0.05, 0.1) is 12.7 Å². The molecule has 2 rings (SSSR count). The van der Waals surface area contributed by atoms with E-state index in [-0.39, 0.29) is 5.76 Å². The highest BCUT2D eigenvalue weighted by Crippen LogP contribution is 2.32. The Morgan fingerprint density at radius 1 is 1.35 bits per heavy atom. The molecule has 1 aromatic carbocycles. The number of methoxy groups -OCH3 is 1. The van der Waals surface area contributed by atoms with E-state index in [0.717, 1.165) is 0 Å². The second kappa shape index (κ2) is 4.21. The minimum atomic E-state index is -1.11. The topological polar surface area (TPSA) is 85.7 Å². The van der Waals surface area contributed by atoms with Crippen molar-refractivity contribution in [2.75, 3.05) is 12.8 Å². The Kier molecular flexibility index (Phi) is 2.74. The lowest BCUT2D eigenvalue weighted by molar-refractivity contribution is 0.0663. The summed E-state index contributed by atoms with van der Waals surface area (Å²) in [6, 6.07) is 8.04. The fourth-order valence-corrected chi connectivity index (χ4v) is 1.51. The molecule has 2 aromatic rings. The van der Waals surface area contributed by atoms with Crippen LogP contribution in [0.5, 0.6) is 5.75 Å². The molecule has 0 radical (unpaired) electrons. The Bertz CT molecular complexity index is 559. The minimum Gasteiger partial charge on any atom is -0.496 e. The van der Waals surface area contributed by atoms with Crippen LogP contribution in [0.25, 0.3) is 11.3 Å². The Labute approximate surface area is 97.4 Å². The lowest BCUT2D eigenvalue weighted by atomic mass is 10.1. The van der Waals surface area contributed by atoms with Crippen LogP contribution in [-0.4, -0.2) is 18.2 Å². The molecule has 0 saturated heterocycles. The zero-order valence-electron chi connectivity index (χ0n) is 9.14. The lowest BCUT2D eigenvalue weighted by Crippen LogP contribution is -1.92. The SMILES string of the molecule is COc1cc(N)ccc1-c1ccc(C(=O)O)o1. The predicted molar refractivity (Wildman–Crippen MR) is 62.1 cm³/mol. The van der Waals surface area contributed by atoms with E-state index in [2.05, 4.69) is 0 Å². The summed E-state index contributed by atoms with van der Waals surface area (Å²) in [6.45, 7) is 0. The van der Waals surface area contributed by atoms with E-state index in [0.29, 0.717) is 22.8 Å². The summed E-state index contributed by atoms with van der Waals surface area (Å²) < 4.78 is 10.4. The van der Waals surface area contributed by atoms with E-state index in [9.17, 15) is 4.79 Å². The van der Waals surface area contributed by atoms with Gasteiger partial charge in [-0.15, -0.1) is 0 Å². The van der Waals surface area contributed by atoms with Crippen LogP contribution in [0.4, 0.5) is 5.69 Å². The molecular formula is C12H11NO4. The molecule has 5 nitrogen and oxygen atoms in total. The molecule has 0 bridgehead atoms. The predicted octanol–water partition coefficient (Wildman–Crippen LogP) is 2.24. The molecule has 0 spiro atoms. The van der Waals surface area contributed by atoms with E-state index in [4.69, 9.17) is 20.0 Å². The smallest absolute Gasteiger partial charge is 0.371 e. The van der Waals surface area contributed by atoms with Gasteiger partial charge in [0.1, 0.15) is 11.5 Å². The van der Waals surface area contributed by atoms with Crippen molar-refractivity contribution >= 4 is 11.7 Å². The maximum atomic E-state index is 10.7. The number of anilines is 1. The molecule has 0 amide bonds. The quantitative estimate of drug-likeness (QED) is 0.794. The molecule has 5 heteroatoms. The number of nitrogens with two attached hydrogens (primary N) is 1. The van der Waals surface area contributed by atoms with Crippen LogP contribution in [0.1, 0.15) is 10.6 Å². The molecule has 0 atom stereocenters. The van der Waals surface area contributed by atoms with Crippen LogP contribution in [-0.2, 0) is 0 Å². The first kappa shape index (κ1) is 11.1. The Morgan fingerprint density at radius 2 is 2.12 bits per heavy atom. The summed E-state index contributed by atoms with van der Waals surface area (Å²) in [5.74, 6) is -0.250. The first-order valence-electron chi connectivity index (χ1n) is 4.89. The molecule has 0 aliphatic carbocycles. The number of rotatable bonds is 3. The monoisotopic (exact) mass is 233 g/mol. The number of hydrogen-bond acceptors (Lipinski definition) is 4. The van der Waals surface area contributed by atoms with Crippen molar-refractivity contribution in [3.8, 4) is 17.1 Å². The van der Waals surface area contributed by atoms with Crippen LogP contribution in [0, 0.1) is 0 Å². The third-order valence-electron chi connectivity index (χ3n) is 2.31. The van der Waals surface area contributed by atoms with Crippen molar-refractivity contribution in [1.82, 2.24) is 0 Å². The second-order valence-electron chi connectivity index (χ2n) is 3.43. The Hall–Kier alpha value is -2.43. The van der Waals surface area contributed by atoms with E-state index >= 15 is 0 Å². The molecule has 88 valence electrons. The van der Waals surface area contributed by atoms with Crippen molar-refractivity contribution < 1.29 is 19.1 Å². The second-order valence-corrected chi connectivity index (χ2v) is 3.43. The maximum absolute atomic E-state index is 10.7. The fraction of sp³-hybridized carbons (Fsp3) is 0.0833. The standard InChI is InChI=1S/C12H11NO4/c1-16-11-6-7(13)2-3-8(11)9-4-5-10(17-9)12(14)15/h2-6H,13H2,1H3,(H,14,15). The van der Waals surface area contributed by atoms with Gasteiger partial charge in [0.2, 0.25) is 5.76 Å². The van der Waals surface area contributed by atoms with Gasteiger partial charge < -0.3 is 20.0 Å². The van der Waals surface area contributed by atoms with Crippen molar-refractivity contribution in [2.45, 2.75) is 0 Å². The van der Waals surface area contributed by atoms with E-state index < -0.39 is 5.97 Å². The maximum Gasteiger partial charge on any atom is 0.371 e. The van der Waals surface area contributed by atoms with Gasteiger partial charge in [0.15, 0.2) is 0 Å². The average molecular weight is 233 g/mol. The molecule has 1 heterocycles. The van der Waals surface area contributed by atoms with Gasteiger partial charge in [0, 0.05) is 11.8 Å². The number of hydrogen-bond donors (Lipinski definition) is 2. The highest BCUT2D eigenvalue weighted by atomic mass is 16.5. The van der Waals surface area contributed by atoms with Crippen LogP contribution in [0.3, 0.4) is 0 Å². The molecule has 3 N–H and O–H groups in total. The molecule has 0 saturated carbocycles. The largest absolute Gasteiger partial charge is 0.496 e. The zero-order valence-corrected chi connectivity index (χ0v) is 9.14. The number of benzene rings is 1. The number of aromatic carboxylic acids is 1. The summed E-state index contributed by atoms with van der Waals surface area (Å²) in [5, 5.41) is 8.77. The van der Waals surface area contributed by atoms with Crippen molar-refractivity contribution in [3.05, 3.63) is 36.1 Å². The van der Waals surface area contributed by atoms with Crippen LogP contribution < -0.4 is 10.5 Å².